The Morgan fingerprint density at radius 3 is 2.71 bits per heavy atom. The number of hydrogen-bond donors (Lipinski definition) is 2. The summed E-state index contributed by atoms with van der Waals surface area (Å²) < 4.78 is 13.1. The Morgan fingerprint density at radius 1 is 1.43 bits per heavy atom. The van der Waals surface area contributed by atoms with Crippen LogP contribution in [0.4, 0.5) is 9.18 Å². The van der Waals surface area contributed by atoms with E-state index < -0.39 is 0 Å². The van der Waals surface area contributed by atoms with Crippen molar-refractivity contribution in [1.29, 1.82) is 0 Å². The van der Waals surface area contributed by atoms with Gasteiger partial charge < -0.3 is 15.3 Å². The number of hydrogen-bond acceptors (Lipinski definition) is 2. The minimum Gasteiger partial charge on any atom is -0.396 e. The van der Waals surface area contributed by atoms with Gasteiger partial charge in [-0.05, 0) is 42.4 Å². The number of aliphatic hydroxyl groups excluding tert-OH is 1. The lowest BCUT2D eigenvalue weighted by molar-refractivity contribution is 0.0519. The van der Waals surface area contributed by atoms with E-state index in [-0.39, 0.29) is 23.9 Å². The Morgan fingerprint density at radius 2 is 2.14 bits per heavy atom. The lowest BCUT2D eigenvalue weighted by atomic mass is 9.77. The van der Waals surface area contributed by atoms with E-state index >= 15 is 0 Å². The van der Waals surface area contributed by atoms with Crippen LogP contribution in [0.25, 0.3) is 0 Å². The first-order valence-corrected chi connectivity index (χ1v) is 7.47. The maximum absolute atomic E-state index is 13.1. The average Bonchev–Trinajstić information content (AvgIpc) is 2.53. The SMILES string of the molecule is CCC1(CO)CCN(C(=O)NCc2cccc(F)c2)CC1. The maximum atomic E-state index is 13.1. The number of amides is 2. The fourth-order valence-electron chi connectivity index (χ4n) is 2.74. The van der Waals surface area contributed by atoms with E-state index in [2.05, 4.69) is 12.2 Å². The summed E-state index contributed by atoms with van der Waals surface area (Å²) in [6, 6.07) is 6.10. The molecule has 2 rings (SSSR count). The molecular weight excluding hydrogens is 271 g/mol. The summed E-state index contributed by atoms with van der Waals surface area (Å²) >= 11 is 0. The van der Waals surface area contributed by atoms with Crippen molar-refractivity contribution in [2.75, 3.05) is 19.7 Å². The topological polar surface area (TPSA) is 52.6 Å². The zero-order chi connectivity index (χ0) is 15.3. The largest absolute Gasteiger partial charge is 0.396 e. The third-order valence-electron chi connectivity index (χ3n) is 4.53. The van der Waals surface area contributed by atoms with Gasteiger partial charge in [-0.15, -0.1) is 0 Å². The van der Waals surface area contributed by atoms with Crippen molar-refractivity contribution in [3.05, 3.63) is 35.6 Å². The van der Waals surface area contributed by atoms with Crippen LogP contribution in [0.5, 0.6) is 0 Å². The molecule has 0 atom stereocenters. The first-order chi connectivity index (χ1) is 10.1. The van der Waals surface area contributed by atoms with Crippen molar-refractivity contribution >= 4 is 6.03 Å². The zero-order valence-corrected chi connectivity index (χ0v) is 12.4. The van der Waals surface area contributed by atoms with Crippen LogP contribution in [0.2, 0.25) is 0 Å². The monoisotopic (exact) mass is 294 g/mol. The number of carbonyl (C=O) groups excluding carboxylic acids is 1. The minimum atomic E-state index is -0.296. The molecule has 0 aliphatic carbocycles. The van der Waals surface area contributed by atoms with Crippen molar-refractivity contribution in [2.45, 2.75) is 32.7 Å². The number of likely N-dealkylation sites (tertiary alicyclic amines) is 1. The van der Waals surface area contributed by atoms with Crippen molar-refractivity contribution in [2.24, 2.45) is 5.41 Å². The molecular formula is C16H23FN2O2. The van der Waals surface area contributed by atoms with Crippen molar-refractivity contribution in [3.63, 3.8) is 0 Å². The number of aliphatic hydroxyl groups is 1. The highest BCUT2D eigenvalue weighted by atomic mass is 19.1. The third-order valence-corrected chi connectivity index (χ3v) is 4.53. The standard InChI is InChI=1S/C16H23FN2O2/c1-2-16(12-20)6-8-19(9-7-16)15(21)18-11-13-4-3-5-14(17)10-13/h3-5,10,20H,2,6-9,11-12H2,1H3,(H,18,21). The lowest BCUT2D eigenvalue weighted by Crippen LogP contribution is -2.48. The molecule has 0 aromatic heterocycles. The number of nitrogens with zero attached hydrogens (tertiary/aromatic N) is 1. The van der Waals surface area contributed by atoms with Gasteiger partial charge in [-0.25, -0.2) is 9.18 Å². The van der Waals surface area contributed by atoms with Gasteiger partial charge in [0.05, 0.1) is 0 Å². The number of benzene rings is 1. The highest BCUT2D eigenvalue weighted by molar-refractivity contribution is 5.74. The minimum absolute atomic E-state index is 0.0284. The number of halogens is 1. The predicted octanol–water partition coefficient (Wildman–Crippen LogP) is 2.52. The number of rotatable bonds is 4. The average molecular weight is 294 g/mol. The molecule has 2 N–H and O–H groups in total. The second-order valence-corrected chi connectivity index (χ2v) is 5.79. The predicted molar refractivity (Wildman–Crippen MR) is 79.3 cm³/mol. The Kier molecular flexibility index (Phi) is 5.17. The summed E-state index contributed by atoms with van der Waals surface area (Å²) in [5, 5.41) is 12.3. The molecule has 116 valence electrons. The summed E-state index contributed by atoms with van der Waals surface area (Å²) in [5.41, 5.74) is 0.720. The molecule has 0 bridgehead atoms. The molecule has 21 heavy (non-hydrogen) atoms. The van der Waals surface area contributed by atoms with Gasteiger partial charge in [0.2, 0.25) is 0 Å². The smallest absolute Gasteiger partial charge is 0.317 e. The van der Waals surface area contributed by atoms with E-state index in [0.717, 1.165) is 24.8 Å². The molecule has 1 heterocycles. The Balaban J connectivity index is 1.82. The summed E-state index contributed by atoms with van der Waals surface area (Å²) in [7, 11) is 0. The molecule has 1 aromatic rings. The zero-order valence-electron chi connectivity index (χ0n) is 12.4. The fraction of sp³-hybridized carbons (Fsp3) is 0.562. The van der Waals surface area contributed by atoms with Crippen LogP contribution >= 0.6 is 0 Å². The van der Waals surface area contributed by atoms with Crippen molar-refractivity contribution in [3.8, 4) is 0 Å². The van der Waals surface area contributed by atoms with E-state index in [1.54, 1.807) is 17.0 Å². The molecule has 4 nitrogen and oxygen atoms in total. The van der Waals surface area contributed by atoms with Gasteiger partial charge in [0, 0.05) is 26.2 Å². The van der Waals surface area contributed by atoms with Gasteiger partial charge >= 0.3 is 6.03 Å². The Bertz CT molecular complexity index is 479. The van der Waals surface area contributed by atoms with Crippen molar-refractivity contribution in [1.82, 2.24) is 10.2 Å². The normalized spacial score (nSPS) is 17.6. The highest BCUT2D eigenvalue weighted by Gasteiger charge is 2.33. The van der Waals surface area contributed by atoms with Crippen LogP contribution in [-0.2, 0) is 6.54 Å². The lowest BCUT2D eigenvalue weighted by Gasteiger charge is -2.40. The molecule has 1 fully saturated rings. The Labute approximate surface area is 125 Å². The van der Waals surface area contributed by atoms with Gasteiger partial charge in [0.15, 0.2) is 0 Å². The fourth-order valence-corrected chi connectivity index (χ4v) is 2.74. The second-order valence-electron chi connectivity index (χ2n) is 5.79. The first kappa shape index (κ1) is 15.8. The van der Waals surface area contributed by atoms with E-state index in [1.807, 2.05) is 0 Å². The number of piperidine rings is 1. The van der Waals surface area contributed by atoms with Crippen LogP contribution in [0.15, 0.2) is 24.3 Å². The molecule has 1 saturated heterocycles. The van der Waals surface area contributed by atoms with Crippen LogP contribution in [-0.4, -0.2) is 35.7 Å². The number of carbonyl (C=O) groups is 1. The molecule has 1 aliphatic heterocycles. The maximum Gasteiger partial charge on any atom is 0.317 e. The molecule has 0 spiro atoms. The summed E-state index contributed by atoms with van der Waals surface area (Å²) in [6.07, 6.45) is 2.59. The number of urea groups is 1. The van der Waals surface area contributed by atoms with Crippen LogP contribution in [0.1, 0.15) is 31.7 Å². The van der Waals surface area contributed by atoms with Gasteiger partial charge in [-0.3, -0.25) is 0 Å². The van der Waals surface area contributed by atoms with Gasteiger partial charge in [-0.1, -0.05) is 19.1 Å². The quantitative estimate of drug-likeness (QED) is 0.896. The van der Waals surface area contributed by atoms with E-state index in [1.165, 1.54) is 12.1 Å². The van der Waals surface area contributed by atoms with Crippen LogP contribution in [0, 0.1) is 11.2 Å². The summed E-state index contributed by atoms with van der Waals surface area (Å²) in [6.45, 7) is 3.90. The third kappa shape index (κ3) is 3.94. The number of nitrogens with one attached hydrogen (secondary N) is 1. The molecule has 5 heteroatoms. The van der Waals surface area contributed by atoms with Gasteiger partial charge in [0.1, 0.15) is 5.82 Å². The summed E-state index contributed by atoms with van der Waals surface area (Å²) in [4.78, 5) is 13.9. The molecule has 1 aliphatic rings. The second kappa shape index (κ2) is 6.89. The Hall–Kier alpha value is -1.62. The molecule has 0 radical (unpaired) electrons. The van der Waals surface area contributed by atoms with Gasteiger partial charge in [-0.2, -0.15) is 0 Å². The van der Waals surface area contributed by atoms with E-state index in [0.29, 0.717) is 19.6 Å². The van der Waals surface area contributed by atoms with E-state index in [4.69, 9.17) is 0 Å². The molecule has 2 amide bonds. The van der Waals surface area contributed by atoms with Crippen molar-refractivity contribution < 1.29 is 14.3 Å². The summed E-state index contributed by atoms with van der Waals surface area (Å²) in [5.74, 6) is -0.296. The molecule has 0 saturated carbocycles. The first-order valence-electron chi connectivity index (χ1n) is 7.47. The van der Waals surface area contributed by atoms with Crippen LogP contribution < -0.4 is 5.32 Å². The van der Waals surface area contributed by atoms with Crippen LogP contribution in [0.3, 0.4) is 0 Å². The highest BCUT2D eigenvalue weighted by Crippen LogP contribution is 2.34. The van der Waals surface area contributed by atoms with E-state index in [9.17, 15) is 14.3 Å². The molecule has 1 aromatic carbocycles. The molecule has 0 unspecified atom stereocenters. The van der Waals surface area contributed by atoms with Gasteiger partial charge in [0.25, 0.3) is 0 Å².